The zero-order valence-electron chi connectivity index (χ0n) is 14.2. The molecule has 0 nitrogen and oxygen atoms in total. The minimum absolute atomic E-state index is 0.396. The van der Waals surface area contributed by atoms with E-state index in [2.05, 4.69) is 72.8 Å². The largest absolute Gasteiger partial charge is 0.134 e. The van der Waals surface area contributed by atoms with E-state index in [0.717, 1.165) is 11.4 Å². The van der Waals surface area contributed by atoms with Gasteiger partial charge >= 0.3 is 0 Å². The van der Waals surface area contributed by atoms with Crippen LogP contribution in [0.4, 0.5) is 0 Å². The lowest BCUT2D eigenvalue weighted by Gasteiger charge is -2.23. The third-order valence-corrected chi connectivity index (χ3v) is 6.66. The Bertz CT molecular complexity index is 1160. The van der Waals surface area contributed by atoms with Crippen molar-refractivity contribution >= 4 is 48.7 Å². The van der Waals surface area contributed by atoms with Crippen molar-refractivity contribution in [3.63, 3.8) is 0 Å². The summed E-state index contributed by atoms with van der Waals surface area (Å²) in [5.74, 6) is 0.396. The molecule has 5 rings (SSSR count). The second kappa shape index (κ2) is 6.42. The van der Waals surface area contributed by atoms with Crippen molar-refractivity contribution in [2.45, 2.75) is 12.3 Å². The fraction of sp³-hybridized carbons (Fsp3) is 0.0833. The minimum Gasteiger partial charge on any atom is -0.134 e. The Labute approximate surface area is 162 Å². The Balaban J connectivity index is 1.75. The van der Waals surface area contributed by atoms with E-state index in [0.29, 0.717) is 5.92 Å². The van der Waals surface area contributed by atoms with Gasteiger partial charge in [-0.3, -0.25) is 0 Å². The first-order valence-electron chi connectivity index (χ1n) is 8.85. The van der Waals surface area contributed by atoms with Crippen molar-refractivity contribution in [3.8, 4) is 0 Å². The van der Waals surface area contributed by atoms with E-state index in [1.807, 2.05) is 23.5 Å². The fourth-order valence-electron chi connectivity index (χ4n) is 3.94. The molecule has 26 heavy (non-hydrogen) atoms. The molecule has 2 heteroatoms. The number of rotatable bonds is 2. The summed E-state index contributed by atoms with van der Waals surface area (Å²) in [6.45, 7) is 0. The van der Waals surface area contributed by atoms with Crippen molar-refractivity contribution < 1.29 is 0 Å². The number of hydrogen-bond donors (Lipinski definition) is 0. The van der Waals surface area contributed by atoms with Crippen molar-refractivity contribution in [3.05, 3.63) is 101 Å². The fourth-order valence-corrected chi connectivity index (χ4v) is 5.54. The molecule has 0 bridgehead atoms. The number of halogens is 1. The molecule has 0 saturated heterocycles. The van der Waals surface area contributed by atoms with Crippen molar-refractivity contribution in [2.75, 3.05) is 0 Å². The van der Waals surface area contributed by atoms with Crippen LogP contribution in [0, 0.1) is 0 Å². The van der Waals surface area contributed by atoms with Crippen molar-refractivity contribution in [2.24, 2.45) is 0 Å². The molecule has 1 aliphatic rings. The highest BCUT2D eigenvalue weighted by molar-refractivity contribution is 7.26. The molecule has 3 aromatic carbocycles. The summed E-state index contributed by atoms with van der Waals surface area (Å²) in [6, 6.07) is 23.6. The van der Waals surface area contributed by atoms with Gasteiger partial charge in [0.2, 0.25) is 0 Å². The molecule has 1 aliphatic carbocycles. The number of fused-ring (bicyclic) bond motifs is 3. The van der Waals surface area contributed by atoms with Crippen LogP contribution >= 0.6 is 22.9 Å². The number of allylic oxidation sites excluding steroid dienone is 4. The summed E-state index contributed by atoms with van der Waals surface area (Å²) in [4.78, 5) is 0. The molecule has 0 radical (unpaired) electrons. The van der Waals surface area contributed by atoms with Crippen LogP contribution in [-0.4, -0.2) is 0 Å². The lowest BCUT2D eigenvalue weighted by Crippen LogP contribution is -2.04. The predicted molar refractivity (Wildman–Crippen MR) is 115 cm³/mol. The van der Waals surface area contributed by atoms with Crippen LogP contribution in [0.5, 0.6) is 0 Å². The maximum absolute atomic E-state index is 6.52. The summed E-state index contributed by atoms with van der Waals surface area (Å²) < 4.78 is 2.58. The van der Waals surface area contributed by atoms with Gasteiger partial charge in [0.25, 0.3) is 0 Å². The quantitative estimate of drug-likeness (QED) is 0.336. The molecule has 1 aromatic heterocycles. The van der Waals surface area contributed by atoms with Gasteiger partial charge in [-0.1, -0.05) is 84.4 Å². The molecule has 1 unspecified atom stereocenters. The van der Waals surface area contributed by atoms with Gasteiger partial charge in [0.15, 0.2) is 0 Å². The van der Waals surface area contributed by atoms with Gasteiger partial charge in [-0.15, -0.1) is 11.3 Å². The molecule has 0 N–H and O–H groups in total. The molecule has 0 aliphatic heterocycles. The van der Waals surface area contributed by atoms with Crippen LogP contribution in [0.1, 0.15) is 23.5 Å². The van der Waals surface area contributed by atoms with Crippen LogP contribution in [0.15, 0.2) is 85.0 Å². The highest BCUT2D eigenvalue weighted by Gasteiger charge is 2.21. The smallest absolute Gasteiger partial charge is 0.0499 e. The highest BCUT2D eigenvalue weighted by Crippen LogP contribution is 2.45. The van der Waals surface area contributed by atoms with E-state index < -0.39 is 0 Å². The average molecular weight is 373 g/mol. The summed E-state index contributed by atoms with van der Waals surface area (Å²) in [6.07, 6.45) is 7.77. The van der Waals surface area contributed by atoms with Gasteiger partial charge in [-0.25, -0.2) is 0 Å². The molecule has 1 heterocycles. The zero-order valence-corrected chi connectivity index (χ0v) is 15.7. The average Bonchev–Trinajstić information content (AvgIpc) is 3.09. The maximum Gasteiger partial charge on any atom is 0.0499 e. The van der Waals surface area contributed by atoms with E-state index >= 15 is 0 Å². The molecule has 1 atom stereocenters. The standard InChI is InChI=1S/C24H17ClS/c25-21-14-7-15-22-23(21)20-13-6-12-19(24(20)26-22)18-11-5-4-10-17(18)16-8-2-1-3-9-16/h1-9,11-15,17H,10H2. The third-order valence-electron chi connectivity index (χ3n) is 5.14. The first kappa shape index (κ1) is 15.9. The van der Waals surface area contributed by atoms with Crippen LogP contribution < -0.4 is 0 Å². The molecule has 4 aromatic rings. The minimum atomic E-state index is 0.396. The van der Waals surface area contributed by atoms with Crippen LogP contribution in [0.2, 0.25) is 5.02 Å². The van der Waals surface area contributed by atoms with Crippen LogP contribution in [-0.2, 0) is 0 Å². The Morgan fingerprint density at radius 3 is 2.62 bits per heavy atom. The number of hydrogen-bond acceptors (Lipinski definition) is 1. The molecule has 0 saturated carbocycles. The Kier molecular flexibility index (Phi) is 3.92. The predicted octanol–water partition coefficient (Wildman–Crippen LogP) is 7.84. The first-order chi connectivity index (χ1) is 12.8. The van der Waals surface area contributed by atoms with Gasteiger partial charge in [0.1, 0.15) is 0 Å². The first-order valence-corrected chi connectivity index (χ1v) is 10.0. The summed E-state index contributed by atoms with van der Waals surface area (Å²) >= 11 is 8.36. The van der Waals surface area contributed by atoms with E-state index in [9.17, 15) is 0 Å². The number of thiophene rings is 1. The Hall–Kier alpha value is -2.35. The van der Waals surface area contributed by atoms with Crippen molar-refractivity contribution in [1.29, 1.82) is 0 Å². The molecular formula is C24H17ClS. The second-order valence-corrected chi connectivity index (χ2v) is 8.11. The number of benzene rings is 3. The van der Waals surface area contributed by atoms with Crippen LogP contribution in [0.3, 0.4) is 0 Å². The summed E-state index contributed by atoms with van der Waals surface area (Å²) in [5, 5.41) is 3.28. The van der Waals surface area contributed by atoms with E-state index in [1.165, 1.54) is 36.9 Å². The van der Waals surface area contributed by atoms with Crippen molar-refractivity contribution in [1.82, 2.24) is 0 Å². The summed E-state index contributed by atoms with van der Waals surface area (Å²) in [7, 11) is 0. The maximum atomic E-state index is 6.52. The highest BCUT2D eigenvalue weighted by atomic mass is 35.5. The van der Waals surface area contributed by atoms with Gasteiger partial charge in [-0.05, 0) is 35.3 Å². The molecular weight excluding hydrogens is 356 g/mol. The molecule has 0 fully saturated rings. The summed E-state index contributed by atoms with van der Waals surface area (Å²) in [5.41, 5.74) is 4.10. The zero-order chi connectivity index (χ0) is 17.5. The topological polar surface area (TPSA) is 0 Å². The van der Waals surface area contributed by atoms with Gasteiger partial charge in [0.05, 0.1) is 0 Å². The van der Waals surface area contributed by atoms with Gasteiger partial charge in [0, 0.05) is 31.1 Å². The van der Waals surface area contributed by atoms with E-state index in [1.54, 1.807) is 0 Å². The van der Waals surface area contributed by atoms with Crippen LogP contribution in [0.25, 0.3) is 25.7 Å². The van der Waals surface area contributed by atoms with Gasteiger partial charge in [-0.2, -0.15) is 0 Å². The lowest BCUT2D eigenvalue weighted by atomic mass is 9.81. The monoisotopic (exact) mass is 372 g/mol. The van der Waals surface area contributed by atoms with E-state index in [4.69, 9.17) is 11.6 Å². The Morgan fingerprint density at radius 1 is 0.885 bits per heavy atom. The van der Waals surface area contributed by atoms with Gasteiger partial charge < -0.3 is 0 Å². The lowest BCUT2D eigenvalue weighted by molar-refractivity contribution is 0.875. The normalized spacial score (nSPS) is 17.0. The Morgan fingerprint density at radius 2 is 1.73 bits per heavy atom. The molecule has 0 spiro atoms. The second-order valence-electron chi connectivity index (χ2n) is 6.65. The van der Waals surface area contributed by atoms with E-state index in [-0.39, 0.29) is 0 Å². The SMILES string of the molecule is Clc1cccc2sc3c(C4=CC=CCC4c4ccccc4)cccc3c12. The molecule has 126 valence electrons. The third kappa shape index (κ3) is 2.51. The molecule has 0 amide bonds.